The Morgan fingerprint density at radius 2 is 1.88 bits per heavy atom. The van der Waals surface area contributed by atoms with Crippen molar-refractivity contribution >= 4 is 0 Å². The minimum Gasteiger partial charge on any atom is -0.330 e. The summed E-state index contributed by atoms with van der Waals surface area (Å²) < 4.78 is 0. The normalized spacial score (nSPS) is 24.8. The van der Waals surface area contributed by atoms with E-state index in [0.29, 0.717) is 12.6 Å². The molecule has 1 aromatic rings. The predicted octanol–water partition coefficient (Wildman–Crippen LogP) is 1.53. The summed E-state index contributed by atoms with van der Waals surface area (Å²) in [5.41, 5.74) is 13.8. The molecule has 5 N–H and O–H groups in total. The van der Waals surface area contributed by atoms with Gasteiger partial charge in [-0.3, -0.25) is 0 Å². The van der Waals surface area contributed by atoms with Crippen LogP contribution < -0.4 is 16.8 Å². The maximum absolute atomic E-state index is 5.60. The largest absolute Gasteiger partial charge is 0.330 e. The van der Waals surface area contributed by atoms with Crippen LogP contribution in [0.4, 0.5) is 0 Å². The summed E-state index contributed by atoms with van der Waals surface area (Å²) in [5.74, 6) is 0.763. The molecule has 1 aromatic carbocycles. The van der Waals surface area contributed by atoms with Gasteiger partial charge in [0, 0.05) is 12.6 Å². The van der Waals surface area contributed by atoms with Crippen molar-refractivity contribution < 1.29 is 0 Å². The monoisotopic (exact) mass is 233 g/mol. The Hall–Kier alpha value is -0.900. The molecule has 94 valence electrons. The lowest BCUT2D eigenvalue weighted by Gasteiger charge is -2.30. The Kier molecular flexibility index (Phi) is 4.54. The SMILES string of the molecule is NCCC1CCC(c2ccc(CN)cc2)NC1. The van der Waals surface area contributed by atoms with E-state index in [4.69, 9.17) is 11.5 Å². The van der Waals surface area contributed by atoms with Crippen LogP contribution >= 0.6 is 0 Å². The maximum atomic E-state index is 5.60. The van der Waals surface area contributed by atoms with E-state index >= 15 is 0 Å². The zero-order chi connectivity index (χ0) is 12.1. The van der Waals surface area contributed by atoms with Crippen molar-refractivity contribution in [2.45, 2.75) is 31.8 Å². The van der Waals surface area contributed by atoms with E-state index in [1.54, 1.807) is 0 Å². The number of piperidine rings is 1. The van der Waals surface area contributed by atoms with E-state index in [2.05, 4.69) is 29.6 Å². The van der Waals surface area contributed by atoms with Crippen molar-refractivity contribution in [1.29, 1.82) is 0 Å². The molecule has 0 bridgehead atoms. The minimum atomic E-state index is 0.510. The second kappa shape index (κ2) is 6.15. The van der Waals surface area contributed by atoms with Crippen molar-refractivity contribution in [2.75, 3.05) is 13.1 Å². The highest BCUT2D eigenvalue weighted by Gasteiger charge is 2.20. The summed E-state index contributed by atoms with van der Waals surface area (Å²) in [6.45, 7) is 2.53. The molecule has 17 heavy (non-hydrogen) atoms. The first-order valence-corrected chi connectivity index (χ1v) is 6.56. The van der Waals surface area contributed by atoms with Gasteiger partial charge in [-0.15, -0.1) is 0 Å². The molecule has 1 aliphatic heterocycles. The van der Waals surface area contributed by atoms with Crippen LogP contribution in [0.2, 0.25) is 0 Å². The summed E-state index contributed by atoms with van der Waals surface area (Å²) >= 11 is 0. The second-order valence-electron chi connectivity index (χ2n) is 4.93. The summed E-state index contributed by atoms with van der Waals surface area (Å²) in [7, 11) is 0. The summed E-state index contributed by atoms with van der Waals surface area (Å²) in [5, 5.41) is 3.62. The number of hydrogen-bond donors (Lipinski definition) is 3. The van der Waals surface area contributed by atoms with E-state index in [1.165, 1.54) is 24.0 Å². The molecule has 0 saturated carbocycles. The number of nitrogens with one attached hydrogen (secondary N) is 1. The molecule has 2 unspecified atom stereocenters. The molecule has 1 fully saturated rings. The van der Waals surface area contributed by atoms with E-state index in [1.807, 2.05) is 0 Å². The van der Waals surface area contributed by atoms with Crippen molar-refractivity contribution in [1.82, 2.24) is 5.32 Å². The van der Waals surface area contributed by atoms with Gasteiger partial charge in [0.2, 0.25) is 0 Å². The highest BCUT2D eigenvalue weighted by molar-refractivity contribution is 5.25. The maximum Gasteiger partial charge on any atom is 0.0320 e. The Morgan fingerprint density at radius 3 is 2.41 bits per heavy atom. The fourth-order valence-electron chi connectivity index (χ4n) is 2.57. The lowest BCUT2D eigenvalue weighted by molar-refractivity contribution is 0.304. The summed E-state index contributed by atoms with van der Waals surface area (Å²) in [6, 6.07) is 9.16. The third kappa shape index (κ3) is 3.28. The Bertz CT molecular complexity index is 326. The predicted molar refractivity (Wildman–Crippen MR) is 71.5 cm³/mol. The van der Waals surface area contributed by atoms with E-state index in [9.17, 15) is 0 Å². The smallest absolute Gasteiger partial charge is 0.0320 e. The first kappa shape index (κ1) is 12.6. The molecule has 3 nitrogen and oxygen atoms in total. The number of nitrogens with two attached hydrogens (primary N) is 2. The minimum absolute atomic E-state index is 0.510. The zero-order valence-electron chi connectivity index (χ0n) is 10.4. The molecule has 0 amide bonds. The van der Waals surface area contributed by atoms with Crippen LogP contribution in [0.1, 0.15) is 36.4 Å². The fourth-order valence-corrected chi connectivity index (χ4v) is 2.57. The molecule has 2 atom stereocenters. The third-order valence-corrected chi connectivity index (χ3v) is 3.71. The topological polar surface area (TPSA) is 64.1 Å². The molecule has 1 aliphatic rings. The lowest BCUT2D eigenvalue weighted by Crippen LogP contribution is -2.34. The van der Waals surface area contributed by atoms with Gasteiger partial charge in [-0.25, -0.2) is 0 Å². The van der Waals surface area contributed by atoms with Crippen LogP contribution in [0.15, 0.2) is 24.3 Å². The lowest BCUT2D eigenvalue weighted by atomic mass is 9.89. The van der Waals surface area contributed by atoms with Crippen molar-refractivity contribution in [3.8, 4) is 0 Å². The molecule has 0 aromatic heterocycles. The molecule has 1 saturated heterocycles. The van der Waals surface area contributed by atoms with E-state index in [-0.39, 0.29) is 0 Å². The van der Waals surface area contributed by atoms with Crippen LogP contribution in [0.5, 0.6) is 0 Å². The Labute approximate surface area is 104 Å². The van der Waals surface area contributed by atoms with Crippen LogP contribution in [0, 0.1) is 5.92 Å². The fraction of sp³-hybridized carbons (Fsp3) is 0.571. The first-order valence-electron chi connectivity index (χ1n) is 6.56. The van der Waals surface area contributed by atoms with E-state index < -0.39 is 0 Å². The van der Waals surface area contributed by atoms with Crippen molar-refractivity contribution in [3.05, 3.63) is 35.4 Å². The molecular weight excluding hydrogens is 210 g/mol. The molecule has 2 rings (SSSR count). The van der Waals surface area contributed by atoms with Gasteiger partial charge in [0.15, 0.2) is 0 Å². The number of hydrogen-bond acceptors (Lipinski definition) is 3. The average molecular weight is 233 g/mol. The van der Waals surface area contributed by atoms with Gasteiger partial charge >= 0.3 is 0 Å². The average Bonchev–Trinajstić information content (AvgIpc) is 2.40. The second-order valence-corrected chi connectivity index (χ2v) is 4.93. The van der Waals surface area contributed by atoms with Gasteiger partial charge in [0.25, 0.3) is 0 Å². The van der Waals surface area contributed by atoms with Gasteiger partial charge in [-0.05, 0) is 49.4 Å². The molecule has 3 heteroatoms. The van der Waals surface area contributed by atoms with Gasteiger partial charge in [0.05, 0.1) is 0 Å². The van der Waals surface area contributed by atoms with Crippen LogP contribution in [-0.2, 0) is 6.54 Å². The van der Waals surface area contributed by atoms with Crippen molar-refractivity contribution in [3.63, 3.8) is 0 Å². The Morgan fingerprint density at radius 1 is 1.12 bits per heavy atom. The van der Waals surface area contributed by atoms with Crippen LogP contribution in [0.3, 0.4) is 0 Å². The molecular formula is C14H23N3. The van der Waals surface area contributed by atoms with Gasteiger partial charge in [-0.2, -0.15) is 0 Å². The molecule has 0 radical (unpaired) electrons. The first-order chi connectivity index (χ1) is 8.33. The molecule has 1 heterocycles. The highest BCUT2D eigenvalue weighted by atomic mass is 14.9. The number of rotatable bonds is 4. The van der Waals surface area contributed by atoms with Gasteiger partial charge in [0.1, 0.15) is 0 Å². The summed E-state index contributed by atoms with van der Waals surface area (Å²) in [4.78, 5) is 0. The summed E-state index contributed by atoms with van der Waals surface area (Å²) in [6.07, 6.45) is 3.64. The highest BCUT2D eigenvalue weighted by Crippen LogP contribution is 2.27. The van der Waals surface area contributed by atoms with E-state index in [0.717, 1.165) is 25.4 Å². The van der Waals surface area contributed by atoms with Crippen LogP contribution in [-0.4, -0.2) is 13.1 Å². The standard InChI is InChI=1S/C14H23N3/c15-8-7-12-3-6-14(17-10-12)13-4-1-11(9-16)2-5-13/h1-2,4-5,12,14,17H,3,6-10,15-16H2. The third-order valence-electron chi connectivity index (χ3n) is 3.71. The Balaban J connectivity index is 1.91. The molecule has 0 spiro atoms. The van der Waals surface area contributed by atoms with Crippen molar-refractivity contribution in [2.24, 2.45) is 17.4 Å². The molecule has 0 aliphatic carbocycles. The number of benzene rings is 1. The van der Waals surface area contributed by atoms with Crippen LogP contribution in [0.25, 0.3) is 0 Å². The van der Waals surface area contributed by atoms with Gasteiger partial charge in [-0.1, -0.05) is 24.3 Å². The zero-order valence-corrected chi connectivity index (χ0v) is 10.4. The quantitative estimate of drug-likeness (QED) is 0.739. The van der Waals surface area contributed by atoms with Gasteiger partial charge < -0.3 is 16.8 Å².